The maximum absolute atomic E-state index is 6.45. The summed E-state index contributed by atoms with van der Waals surface area (Å²) in [5.41, 5.74) is 6.00. The molecule has 1 saturated heterocycles. The molecule has 0 amide bonds. The van der Waals surface area contributed by atoms with Crippen LogP contribution in [0, 0.1) is 0 Å². The molecule has 0 aliphatic carbocycles. The van der Waals surface area contributed by atoms with Crippen molar-refractivity contribution in [1.82, 2.24) is 0 Å². The smallest absolute Gasteiger partial charge is 0.170 e. The lowest BCUT2D eigenvalue weighted by Crippen LogP contribution is -2.51. The molecule has 0 aromatic heterocycles. The Kier molecular flexibility index (Phi) is 4.31. The summed E-state index contributed by atoms with van der Waals surface area (Å²) in [6, 6.07) is 15.6. The van der Waals surface area contributed by atoms with E-state index in [1.165, 1.54) is 28.1 Å². The van der Waals surface area contributed by atoms with Crippen LogP contribution in [0.25, 0.3) is 6.08 Å². The van der Waals surface area contributed by atoms with Gasteiger partial charge in [-0.3, -0.25) is 0 Å². The van der Waals surface area contributed by atoms with Crippen LogP contribution in [0.4, 0.5) is 11.4 Å². The van der Waals surface area contributed by atoms with Crippen LogP contribution in [0.1, 0.15) is 37.5 Å². The fraction of sp³-hybridized carbons (Fsp3) is 0.417. The Labute approximate surface area is 163 Å². The number of aryl methyl sites for hydroxylation is 1. The second kappa shape index (κ2) is 6.42. The molecule has 2 heterocycles. The third-order valence-electron chi connectivity index (χ3n) is 6.28. The van der Waals surface area contributed by atoms with Crippen molar-refractivity contribution in [2.75, 3.05) is 37.0 Å². The summed E-state index contributed by atoms with van der Waals surface area (Å²) < 4.78 is 6.45. The van der Waals surface area contributed by atoms with Crippen molar-refractivity contribution >= 4 is 17.5 Å². The van der Waals surface area contributed by atoms with Gasteiger partial charge in [0.05, 0.1) is 6.61 Å². The number of nitrogens with zero attached hydrogens (tertiary/aromatic N) is 2. The lowest BCUT2D eigenvalue weighted by molar-refractivity contribution is 0.000325. The zero-order valence-corrected chi connectivity index (χ0v) is 17.1. The molecule has 27 heavy (non-hydrogen) atoms. The molecule has 0 radical (unpaired) electrons. The molecule has 3 nitrogen and oxygen atoms in total. The van der Waals surface area contributed by atoms with Crippen molar-refractivity contribution in [2.24, 2.45) is 0 Å². The van der Waals surface area contributed by atoms with Crippen molar-refractivity contribution in [3.05, 3.63) is 65.2 Å². The molecule has 1 atom stereocenters. The van der Waals surface area contributed by atoms with E-state index in [0.29, 0.717) is 0 Å². The van der Waals surface area contributed by atoms with E-state index in [1.807, 2.05) is 0 Å². The minimum Gasteiger partial charge on any atom is -0.378 e. The van der Waals surface area contributed by atoms with Crippen molar-refractivity contribution < 1.29 is 4.74 Å². The Hall–Kier alpha value is -2.26. The molecular weight excluding hydrogens is 332 g/mol. The molecular formula is C24H30N2O. The predicted octanol–water partition coefficient (Wildman–Crippen LogP) is 4.85. The molecule has 2 aromatic carbocycles. The van der Waals surface area contributed by atoms with Gasteiger partial charge in [-0.2, -0.15) is 0 Å². The Morgan fingerprint density at radius 2 is 1.85 bits per heavy atom. The second-order valence-corrected chi connectivity index (χ2v) is 8.35. The molecule has 2 aromatic rings. The minimum atomic E-state index is -0.415. The zero-order valence-electron chi connectivity index (χ0n) is 17.1. The molecule has 1 unspecified atom stereocenters. The molecule has 0 saturated carbocycles. The van der Waals surface area contributed by atoms with E-state index in [9.17, 15) is 0 Å². The van der Waals surface area contributed by atoms with Gasteiger partial charge in [-0.1, -0.05) is 51.1 Å². The summed E-state index contributed by atoms with van der Waals surface area (Å²) in [7, 11) is 4.13. The highest BCUT2D eigenvalue weighted by molar-refractivity contribution is 5.70. The number of hydrogen-bond donors (Lipinski definition) is 0. The van der Waals surface area contributed by atoms with E-state index >= 15 is 0 Å². The van der Waals surface area contributed by atoms with Gasteiger partial charge in [0.25, 0.3) is 0 Å². The summed E-state index contributed by atoms with van der Waals surface area (Å²) in [6.45, 7) is 8.55. The standard InChI is InChI=1S/C24H30N2O/c1-6-18-9-12-22-21(17-18)23(2,3)24(26(22)15-16-27-24)14-13-19-7-10-20(11-8-19)25(4)5/h7-14,17H,6,15-16H2,1-5H3/b14-13+. The SMILES string of the molecule is CCc1ccc2c(c1)C(C)(C)C1(/C=C/c3ccc(N(C)C)cc3)OCCN21. The number of ether oxygens (including phenoxy) is 1. The van der Waals surface area contributed by atoms with Gasteiger partial charge in [-0.15, -0.1) is 0 Å². The topological polar surface area (TPSA) is 15.7 Å². The quantitative estimate of drug-likeness (QED) is 0.773. The fourth-order valence-corrected chi connectivity index (χ4v) is 4.52. The molecule has 142 valence electrons. The van der Waals surface area contributed by atoms with Crippen LogP contribution in [0.15, 0.2) is 48.5 Å². The highest BCUT2D eigenvalue weighted by Gasteiger charge is 2.59. The van der Waals surface area contributed by atoms with E-state index in [4.69, 9.17) is 4.74 Å². The van der Waals surface area contributed by atoms with Gasteiger partial charge in [0.2, 0.25) is 0 Å². The van der Waals surface area contributed by atoms with Crippen molar-refractivity contribution in [3.8, 4) is 0 Å². The normalized spacial score (nSPS) is 22.9. The maximum Gasteiger partial charge on any atom is 0.170 e. The van der Waals surface area contributed by atoms with Crippen LogP contribution in [-0.2, 0) is 16.6 Å². The van der Waals surface area contributed by atoms with Crippen molar-refractivity contribution in [1.29, 1.82) is 0 Å². The van der Waals surface area contributed by atoms with E-state index in [2.05, 4.69) is 99.3 Å². The van der Waals surface area contributed by atoms with E-state index in [1.54, 1.807) is 0 Å². The first kappa shape index (κ1) is 18.1. The van der Waals surface area contributed by atoms with E-state index in [0.717, 1.165) is 19.6 Å². The highest BCUT2D eigenvalue weighted by Crippen LogP contribution is 2.55. The maximum atomic E-state index is 6.45. The number of fused-ring (bicyclic) bond motifs is 3. The summed E-state index contributed by atoms with van der Waals surface area (Å²) in [6.07, 6.45) is 5.55. The predicted molar refractivity (Wildman–Crippen MR) is 115 cm³/mol. The van der Waals surface area contributed by atoms with Gasteiger partial charge in [-0.25, -0.2) is 0 Å². The molecule has 4 rings (SSSR count). The fourth-order valence-electron chi connectivity index (χ4n) is 4.52. The molecule has 3 heteroatoms. The highest BCUT2D eigenvalue weighted by atomic mass is 16.5. The number of hydrogen-bond acceptors (Lipinski definition) is 3. The average molecular weight is 363 g/mol. The number of benzene rings is 2. The first-order chi connectivity index (χ1) is 12.9. The summed E-state index contributed by atoms with van der Waals surface area (Å²) >= 11 is 0. The summed E-state index contributed by atoms with van der Waals surface area (Å²) in [5, 5.41) is 0. The van der Waals surface area contributed by atoms with Gasteiger partial charge in [0.1, 0.15) is 0 Å². The first-order valence-electron chi connectivity index (χ1n) is 9.91. The summed E-state index contributed by atoms with van der Waals surface area (Å²) in [5.74, 6) is 0. The van der Waals surface area contributed by atoms with Gasteiger partial charge >= 0.3 is 0 Å². The molecule has 0 spiro atoms. The number of anilines is 2. The van der Waals surface area contributed by atoms with E-state index < -0.39 is 5.72 Å². The van der Waals surface area contributed by atoms with Gasteiger partial charge < -0.3 is 14.5 Å². The van der Waals surface area contributed by atoms with Crippen LogP contribution >= 0.6 is 0 Å². The largest absolute Gasteiger partial charge is 0.378 e. The monoisotopic (exact) mass is 362 g/mol. The first-order valence-corrected chi connectivity index (χ1v) is 9.91. The van der Waals surface area contributed by atoms with Crippen LogP contribution in [0.2, 0.25) is 0 Å². The summed E-state index contributed by atoms with van der Waals surface area (Å²) in [4.78, 5) is 4.57. The van der Waals surface area contributed by atoms with Crippen molar-refractivity contribution in [2.45, 2.75) is 38.3 Å². The van der Waals surface area contributed by atoms with Crippen LogP contribution in [0.5, 0.6) is 0 Å². The molecule has 0 bridgehead atoms. The molecule has 2 aliphatic heterocycles. The Morgan fingerprint density at radius 1 is 1.11 bits per heavy atom. The van der Waals surface area contributed by atoms with Crippen LogP contribution in [0.3, 0.4) is 0 Å². The lowest BCUT2D eigenvalue weighted by atomic mass is 9.76. The lowest BCUT2D eigenvalue weighted by Gasteiger charge is -2.39. The Bertz CT molecular complexity index is 866. The third-order valence-corrected chi connectivity index (χ3v) is 6.28. The Balaban J connectivity index is 1.72. The van der Waals surface area contributed by atoms with Crippen LogP contribution in [-0.4, -0.2) is 33.0 Å². The third kappa shape index (κ3) is 2.68. The van der Waals surface area contributed by atoms with Crippen LogP contribution < -0.4 is 9.80 Å². The Morgan fingerprint density at radius 3 is 2.52 bits per heavy atom. The van der Waals surface area contributed by atoms with E-state index in [-0.39, 0.29) is 5.41 Å². The minimum absolute atomic E-state index is 0.107. The van der Waals surface area contributed by atoms with Gasteiger partial charge in [-0.05, 0) is 47.4 Å². The molecule has 0 N–H and O–H groups in total. The van der Waals surface area contributed by atoms with Gasteiger partial charge in [0.15, 0.2) is 5.72 Å². The average Bonchev–Trinajstić information content (AvgIpc) is 3.17. The van der Waals surface area contributed by atoms with Gasteiger partial charge in [0, 0.05) is 37.4 Å². The number of rotatable bonds is 4. The van der Waals surface area contributed by atoms with Crippen molar-refractivity contribution in [3.63, 3.8) is 0 Å². The molecule has 2 aliphatic rings. The zero-order chi connectivity index (χ0) is 19.2. The second-order valence-electron chi connectivity index (χ2n) is 8.35. The molecule has 1 fully saturated rings.